The lowest BCUT2D eigenvalue weighted by atomic mass is 9.89. The number of rotatable bonds is 5. The van der Waals surface area contributed by atoms with Gasteiger partial charge in [0.25, 0.3) is 11.8 Å². The summed E-state index contributed by atoms with van der Waals surface area (Å²) >= 11 is 3.83. The fourth-order valence-electron chi connectivity index (χ4n) is 2.83. The largest absolute Gasteiger partial charge is 0.593 e. The molecule has 1 atom stereocenters. The molecule has 1 saturated carbocycles. The van der Waals surface area contributed by atoms with Crippen molar-refractivity contribution in [3.05, 3.63) is 46.2 Å². The van der Waals surface area contributed by atoms with E-state index in [1.165, 1.54) is 30.8 Å². The van der Waals surface area contributed by atoms with Gasteiger partial charge in [-0.2, -0.15) is 0 Å². The van der Waals surface area contributed by atoms with Gasteiger partial charge in [0.1, 0.15) is 5.69 Å². The summed E-state index contributed by atoms with van der Waals surface area (Å²) in [6, 6.07) is 1.85. The van der Waals surface area contributed by atoms with Gasteiger partial charge in [0.15, 0.2) is 16.5 Å². The van der Waals surface area contributed by atoms with Crippen molar-refractivity contribution in [2.75, 3.05) is 5.32 Å². The van der Waals surface area contributed by atoms with E-state index in [1.54, 1.807) is 0 Å². The topological polar surface area (TPSA) is 69.1 Å². The Morgan fingerprint density at radius 2 is 1.96 bits per heavy atom. The molecule has 2 aromatic rings. The Hall–Kier alpha value is -1.75. The standard InChI is InChI=1S/C17H16ClF4N3O2S/c1-8-12(4-11(18)15(20)14(8)19)23-16(26)13-3-10(7-25(13)2)28(27)24-9-5-17(21,22)6-9/h3-4,7,9,24H,5-6H2,1-2H3,(H,23,26). The van der Waals surface area contributed by atoms with Crippen LogP contribution in [-0.2, 0) is 18.4 Å². The average molecular weight is 438 g/mol. The first-order valence-electron chi connectivity index (χ1n) is 8.16. The average Bonchev–Trinajstić information content (AvgIpc) is 2.98. The molecule has 2 N–H and O–H groups in total. The van der Waals surface area contributed by atoms with E-state index in [4.69, 9.17) is 11.6 Å². The highest BCUT2D eigenvalue weighted by Gasteiger charge is 2.47. The van der Waals surface area contributed by atoms with Gasteiger partial charge in [-0.1, -0.05) is 11.6 Å². The molecule has 3 rings (SSSR count). The van der Waals surface area contributed by atoms with Gasteiger partial charge in [0.05, 0.1) is 28.6 Å². The first-order chi connectivity index (χ1) is 13.0. The molecule has 0 radical (unpaired) electrons. The van der Waals surface area contributed by atoms with Crippen LogP contribution in [0.15, 0.2) is 23.2 Å². The molecule has 1 amide bonds. The van der Waals surface area contributed by atoms with Crippen molar-refractivity contribution in [2.24, 2.45) is 7.05 Å². The lowest BCUT2D eigenvalue weighted by molar-refractivity contribution is -0.0876. The Balaban J connectivity index is 1.73. The minimum Gasteiger partial charge on any atom is -0.593 e. The van der Waals surface area contributed by atoms with Gasteiger partial charge >= 0.3 is 0 Å². The summed E-state index contributed by atoms with van der Waals surface area (Å²) in [6.45, 7) is 1.29. The Morgan fingerprint density at radius 1 is 1.32 bits per heavy atom. The highest BCUT2D eigenvalue weighted by molar-refractivity contribution is 7.89. The van der Waals surface area contributed by atoms with Crippen molar-refractivity contribution in [1.82, 2.24) is 9.29 Å². The quantitative estimate of drug-likeness (QED) is 0.423. The Kier molecular flexibility index (Phi) is 5.68. The number of aromatic nitrogens is 1. The molecule has 152 valence electrons. The highest BCUT2D eigenvalue weighted by Crippen LogP contribution is 2.38. The summed E-state index contributed by atoms with van der Waals surface area (Å²) in [5, 5.41) is 1.95. The van der Waals surface area contributed by atoms with Gasteiger partial charge in [0.2, 0.25) is 0 Å². The second-order valence-corrected chi connectivity index (χ2v) is 8.28. The minimum absolute atomic E-state index is 0.00685. The molecule has 1 fully saturated rings. The maximum atomic E-state index is 13.8. The first kappa shape index (κ1) is 21.0. The van der Waals surface area contributed by atoms with E-state index in [-0.39, 0.29) is 21.8 Å². The van der Waals surface area contributed by atoms with Crippen LogP contribution in [-0.4, -0.2) is 27.0 Å². The van der Waals surface area contributed by atoms with Gasteiger partial charge in [-0.15, -0.1) is 4.72 Å². The fourth-order valence-corrected chi connectivity index (χ4v) is 4.10. The molecule has 0 aliphatic heterocycles. The predicted octanol–water partition coefficient (Wildman–Crippen LogP) is 3.93. The molecule has 1 heterocycles. The number of carbonyl (C=O) groups excluding carboxylic acids is 1. The monoisotopic (exact) mass is 437 g/mol. The van der Waals surface area contributed by atoms with Crippen LogP contribution < -0.4 is 10.0 Å². The molecule has 0 spiro atoms. The molecule has 28 heavy (non-hydrogen) atoms. The SMILES string of the molecule is Cc1c(NC(=O)c2cc([S+]([O-])NC3CC(F)(F)C3)cn2C)cc(Cl)c(F)c1F. The molecule has 5 nitrogen and oxygen atoms in total. The summed E-state index contributed by atoms with van der Waals surface area (Å²) in [7, 11) is 1.53. The number of hydrogen-bond donors (Lipinski definition) is 2. The van der Waals surface area contributed by atoms with Gasteiger partial charge < -0.3 is 14.4 Å². The number of amides is 1. The smallest absolute Gasteiger partial charge is 0.272 e. The summed E-state index contributed by atoms with van der Waals surface area (Å²) in [4.78, 5) is 12.7. The predicted molar refractivity (Wildman–Crippen MR) is 97.0 cm³/mol. The molecule has 1 aliphatic carbocycles. The number of benzene rings is 1. The van der Waals surface area contributed by atoms with E-state index in [9.17, 15) is 26.9 Å². The van der Waals surface area contributed by atoms with Crippen LogP contribution in [0.1, 0.15) is 28.9 Å². The minimum atomic E-state index is -2.74. The Bertz CT molecular complexity index is 930. The van der Waals surface area contributed by atoms with Crippen LogP contribution in [0.2, 0.25) is 5.02 Å². The summed E-state index contributed by atoms with van der Waals surface area (Å²) in [6.07, 6.45) is 0.629. The summed E-state index contributed by atoms with van der Waals surface area (Å²) < 4.78 is 69.3. The molecular weight excluding hydrogens is 422 g/mol. The van der Waals surface area contributed by atoms with Gasteiger partial charge in [0, 0.05) is 37.2 Å². The van der Waals surface area contributed by atoms with Crippen LogP contribution in [0.3, 0.4) is 0 Å². The summed E-state index contributed by atoms with van der Waals surface area (Å²) in [5.74, 6) is -5.78. The van der Waals surface area contributed by atoms with E-state index in [1.807, 2.05) is 0 Å². The zero-order valence-electron chi connectivity index (χ0n) is 14.8. The highest BCUT2D eigenvalue weighted by atomic mass is 35.5. The number of nitrogens with zero attached hydrogens (tertiary/aromatic N) is 1. The molecule has 11 heteroatoms. The zero-order valence-corrected chi connectivity index (χ0v) is 16.4. The van der Waals surface area contributed by atoms with Crippen LogP contribution in [0.4, 0.5) is 23.2 Å². The van der Waals surface area contributed by atoms with Crippen molar-refractivity contribution in [3.8, 4) is 0 Å². The number of nitrogens with one attached hydrogen (secondary N) is 2. The van der Waals surface area contributed by atoms with E-state index < -0.39 is 58.7 Å². The lowest BCUT2D eigenvalue weighted by Crippen LogP contribution is -2.50. The maximum absolute atomic E-state index is 13.8. The second-order valence-electron chi connectivity index (χ2n) is 6.63. The van der Waals surface area contributed by atoms with Gasteiger partial charge in [-0.25, -0.2) is 17.6 Å². The van der Waals surface area contributed by atoms with E-state index in [2.05, 4.69) is 10.0 Å². The number of anilines is 1. The molecule has 0 bridgehead atoms. The van der Waals surface area contributed by atoms with E-state index >= 15 is 0 Å². The normalized spacial score (nSPS) is 17.3. The van der Waals surface area contributed by atoms with Crippen LogP contribution in [0.25, 0.3) is 0 Å². The number of aryl methyl sites for hydroxylation is 1. The van der Waals surface area contributed by atoms with Crippen molar-refractivity contribution in [1.29, 1.82) is 0 Å². The third-order valence-electron chi connectivity index (χ3n) is 4.45. The second kappa shape index (κ2) is 7.58. The zero-order chi connectivity index (χ0) is 20.8. The molecular formula is C17H16ClF4N3O2S. The molecule has 1 unspecified atom stereocenters. The van der Waals surface area contributed by atoms with E-state index in [0.717, 1.165) is 6.07 Å². The van der Waals surface area contributed by atoms with Crippen molar-refractivity contribution in [2.45, 2.75) is 36.6 Å². The fraction of sp³-hybridized carbons (Fsp3) is 0.353. The Labute approximate surface area is 166 Å². The van der Waals surface area contributed by atoms with Crippen molar-refractivity contribution >= 4 is 34.6 Å². The molecule has 1 aromatic heterocycles. The summed E-state index contributed by atoms with van der Waals surface area (Å²) in [5.41, 5.74) is -0.0437. The van der Waals surface area contributed by atoms with Crippen molar-refractivity contribution < 1.29 is 26.9 Å². The van der Waals surface area contributed by atoms with Crippen molar-refractivity contribution in [3.63, 3.8) is 0 Å². The van der Waals surface area contributed by atoms with E-state index in [0.29, 0.717) is 0 Å². The number of hydrogen-bond acceptors (Lipinski definition) is 3. The maximum Gasteiger partial charge on any atom is 0.272 e. The van der Waals surface area contributed by atoms with Crippen LogP contribution >= 0.6 is 11.6 Å². The van der Waals surface area contributed by atoms with Crippen LogP contribution in [0.5, 0.6) is 0 Å². The molecule has 1 aliphatic rings. The lowest BCUT2D eigenvalue weighted by Gasteiger charge is -2.34. The molecule has 1 aromatic carbocycles. The first-order valence-corrected chi connectivity index (χ1v) is 9.69. The Morgan fingerprint density at radius 3 is 2.57 bits per heavy atom. The number of alkyl halides is 2. The van der Waals surface area contributed by atoms with Gasteiger partial charge in [-0.3, -0.25) is 4.79 Å². The van der Waals surface area contributed by atoms with Gasteiger partial charge in [-0.05, 0) is 13.0 Å². The number of carbonyl (C=O) groups is 1. The molecule has 0 saturated heterocycles. The van der Waals surface area contributed by atoms with Crippen LogP contribution in [0, 0.1) is 18.6 Å². The third kappa shape index (κ3) is 4.14. The number of halogens is 5. The third-order valence-corrected chi connectivity index (χ3v) is 5.92.